The molecule has 0 radical (unpaired) electrons. The van der Waals surface area contributed by atoms with Crippen LogP contribution in [0, 0.1) is 16.7 Å². The Morgan fingerprint density at radius 1 is 0.848 bits per heavy atom. The van der Waals surface area contributed by atoms with Crippen LogP contribution in [0.1, 0.15) is 33.1 Å². The van der Waals surface area contributed by atoms with Crippen LogP contribution in [-0.2, 0) is 35.1 Å². The van der Waals surface area contributed by atoms with E-state index in [-0.39, 0.29) is 27.9 Å². The van der Waals surface area contributed by atoms with E-state index < -0.39 is 51.3 Å². The van der Waals surface area contributed by atoms with Crippen molar-refractivity contribution >= 4 is 46.9 Å². The van der Waals surface area contributed by atoms with Crippen molar-refractivity contribution in [2.45, 2.75) is 42.9 Å². The molecule has 10 nitrogen and oxygen atoms in total. The third-order valence-corrected chi connectivity index (χ3v) is 9.65. The van der Waals surface area contributed by atoms with Crippen LogP contribution < -0.4 is 0 Å². The largest absolute Gasteiger partial charge is 0.299 e. The zero-order valence-corrected chi connectivity index (χ0v) is 20.2. The third-order valence-electron chi connectivity index (χ3n) is 6.97. The van der Waals surface area contributed by atoms with Gasteiger partial charge < -0.3 is 0 Å². The second-order valence-electron chi connectivity index (χ2n) is 8.95. The Kier molecular flexibility index (Phi) is 6.31. The minimum Gasteiger partial charge on any atom is -0.299 e. The Labute approximate surface area is 192 Å². The predicted octanol–water partition coefficient (Wildman–Crippen LogP) is 2.60. The fraction of sp³-hybridized carbons (Fsp3) is 0.450. The minimum atomic E-state index is -4.47. The van der Waals surface area contributed by atoms with E-state index in [0.29, 0.717) is 12.8 Å². The number of Topliss-reactive ketones (excluding diaryl/α,β-unsaturated/α-hetero) is 1. The molecule has 0 aromatic heterocycles. The van der Waals surface area contributed by atoms with Crippen LogP contribution in [0.4, 0.5) is 0 Å². The average molecular weight is 521 g/mol. The van der Waals surface area contributed by atoms with Gasteiger partial charge in [-0.05, 0) is 36.3 Å². The Morgan fingerprint density at radius 3 is 1.61 bits per heavy atom. The van der Waals surface area contributed by atoms with Crippen LogP contribution >= 0.6 is 0 Å². The van der Waals surface area contributed by atoms with E-state index in [1.807, 2.05) is 13.8 Å². The zero-order valence-electron chi connectivity index (χ0n) is 17.8. The van der Waals surface area contributed by atoms with E-state index in [1.54, 1.807) is 0 Å². The molecule has 0 saturated heterocycles. The summed E-state index contributed by atoms with van der Waals surface area (Å²) < 4.78 is 93.7. The maximum absolute atomic E-state index is 11.9. The fourth-order valence-electron chi connectivity index (χ4n) is 5.12. The van der Waals surface area contributed by atoms with E-state index in [1.165, 1.54) is 24.3 Å². The molecular formula is C20H24O10S3. The van der Waals surface area contributed by atoms with Gasteiger partial charge in [0.2, 0.25) is 0 Å². The van der Waals surface area contributed by atoms with Crippen LogP contribution in [0.25, 0.3) is 10.8 Å². The van der Waals surface area contributed by atoms with E-state index in [4.69, 9.17) is 13.7 Å². The van der Waals surface area contributed by atoms with Crippen molar-refractivity contribution in [3.63, 3.8) is 0 Å². The van der Waals surface area contributed by atoms with Gasteiger partial charge >= 0.3 is 0 Å². The number of ketones is 1. The molecule has 2 fully saturated rings. The highest BCUT2D eigenvalue weighted by atomic mass is 32.2. The number of hydrogen-bond acceptors (Lipinski definition) is 7. The van der Waals surface area contributed by atoms with Gasteiger partial charge in [0.05, 0.1) is 11.2 Å². The maximum Gasteiger partial charge on any atom is 0.295 e. The van der Waals surface area contributed by atoms with Crippen LogP contribution in [0.3, 0.4) is 0 Å². The predicted molar refractivity (Wildman–Crippen MR) is 119 cm³/mol. The molecule has 2 unspecified atom stereocenters. The van der Waals surface area contributed by atoms with E-state index >= 15 is 0 Å². The summed E-state index contributed by atoms with van der Waals surface area (Å²) in [4.78, 5) is 11.1. The number of carbonyl (C=O) groups excluding carboxylic acids is 1. The van der Waals surface area contributed by atoms with Gasteiger partial charge in [-0.1, -0.05) is 38.1 Å². The third kappa shape index (κ3) is 4.70. The molecule has 4 rings (SSSR count). The number of rotatable bonds is 4. The van der Waals surface area contributed by atoms with Gasteiger partial charge in [0, 0.05) is 17.2 Å². The normalized spacial score (nSPS) is 24.5. The zero-order chi connectivity index (χ0) is 25.0. The first kappa shape index (κ1) is 25.7. The highest BCUT2D eigenvalue weighted by molar-refractivity contribution is 7.86. The van der Waals surface area contributed by atoms with Gasteiger partial charge in [-0.2, -0.15) is 25.3 Å². The lowest BCUT2D eigenvalue weighted by molar-refractivity contribution is -0.128. The van der Waals surface area contributed by atoms with Crippen LogP contribution in [-0.4, -0.2) is 50.4 Å². The van der Waals surface area contributed by atoms with Gasteiger partial charge in [0.1, 0.15) is 15.6 Å². The van der Waals surface area contributed by atoms with Gasteiger partial charge in [0.15, 0.2) is 0 Å². The van der Waals surface area contributed by atoms with Crippen molar-refractivity contribution in [3.8, 4) is 0 Å². The lowest BCUT2D eigenvalue weighted by atomic mass is 9.70. The number of benzene rings is 2. The smallest absolute Gasteiger partial charge is 0.295 e. The highest BCUT2D eigenvalue weighted by Crippen LogP contribution is 2.64. The molecule has 2 aromatic rings. The monoisotopic (exact) mass is 520 g/mol. The molecule has 2 aliphatic rings. The van der Waals surface area contributed by atoms with Gasteiger partial charge in [-0.3, -0.25) is 18.5 Å². The lowest BCUT2D eigenvalue weighted by Gasteiger charge is -2.35. The molecule has 2 atom stereocenters. The topological polar surface area (TPSA) is 180 Å². The second-order valence-corrected chi connectivity index (χ2v) is 13.2. The molecule has 0 amide bonds. The van der Waals surface area contributed by atoms with Gasteiger partial charge in [-0.15, -0.1) is 0 Å². The van der Waals surface area contributed by atoms with Crippen molar-refractivity contribution < 1.29 is 43.7 Å². The lowest BCUT2D eigenvalue weighted by Crippen LogP contribution is -2.42. The first-order valence-corrected chi connectivity index (χ1v) is 14.3. The standard InChI is InChI=1S/C10H8O6S2.C10H16O4S/c11-17(12,13)9-5-1-3-7-8(9)4-2-6-10(7)18(14,15)16;1-9(2)7-3-4-10(9,8(11)5-7)6-15(12,13)14/h1-6H,(H,11,12,13)(H,14,15,16);7H,3-6H2,1-2H3,(H,12,13,14). The molecule has 0 heterocycles. The van der Waals surface area contributed by atoms with E-state index in [9.17, 15) is 30.0 Å². The molecule has 33 heavy (non-hydrogen) atoms. The molecule has 2 aromatic carbocycles. The van der Waals surface area contributed by atoms with Crippen molar-refractivity contribution in [2.75, 3.05) is 5.75 Å². The molecule has 3 N–H and O–H groups in total. The van der Waals surface area contributed by atoms with Gasteiger partial charge in [0.25, 0.3) is 30.4 Å². The van der Waals surface area contributed by atoms with E-state index in [0.717, 1.165) is 18.6 Å². The molecule has 2 saturated carbocycles. The molecule has 2 aliphatic carbocycles. The van der Waals surface area contributed by atoms with Crippen molar-refractivity contribution in [1.82, 2.24) is 0 Å². The Bertz CT molecular complexity index is 1370. The highest BCUT2D eigenvalue weighted by Gasteiger charge is 2.65. The molecule has 0 aliphatic heterocycles. The summed E-state index contributed by atoms with van der Waals surface area (Å²) in [6.45, 7) is 3.89. The number of hydrogen-bond donors (Lipinski definition) is 3. The quantitative estimate of drug-likeness (QED) is 0.507. The van der Waals surface area contributed by atoms with Crippen molar-refractivity contribution in [2.24, 2.45) is 16.7 Å². The summed E-state index contributed by atoms with van der Waals surface area (Å²) in [6.07, 6.45) is 1.97. The summed E-state index contributed by atoms with van der Waals surface area (Å²) in [7, 11) is -13.0. The van der Waals surface area contributed by atoms with Crippen LogP contribution in [0.5, 0.6) is 0 Å². The first-order chi connectivity index (χ1) is 14.9. The van der Waals surface area contributed by atoms with Crippen molar-refractivity contribution in [1.29, 1.82) is 0 Å². The summed E-state index contributed by atoms with van der Waals surface area (Å²) in [6, 6.07) is 7.53. The molecular weight excluding hydrogens is 496 g/mol. The van der Waals surface area contributed by atoms with Crippen molar-refractivity contribution in [3.05, 3.63) is 36.4 Å². The second kappa shape index (κ2) is 8.10. The summed E-state index contributed by atoms with van der Waals surface area (Å²) in [5.74, 6) is -0.101. The number of fused-ring (bicyclic) bond motifs is 3. The van der Waals surface area contributed by atoms with Crippen LogP contribution in [0.15, 0.2) is 46.2 Å². The Hall–Kier alpha value is -1.90. The van der Waals surface area contributed by atoms with E-state index in [2.05, 4.69) is 0 Å². The molecule has 2 bridgehead atoms. The molecule has 0 spiro atoms. The summed E-state index contributed by atoms with van der Waals surface area (Å²) >= 11 is 0. The summed E-state index contributed by atoms with van der Waals surface area (Å²) in [5.41, 5.74) is -1.12. The fourth-order valence-corrected chi connectivity index (χ4v) is 7.83. The van der Waals surface area contributed by atoms with Gasteiger partial charge in [-0.25, -0.2) is 0 Å². The first-order valence-electron chi connectivity index (χ1n) is 9.85. The molecule has 182 valence electrons. The Morgan fingerprint density at radius 2 is 1.30 bits per heavy atom. The Balaban J connectivity index is 0.000000189. The summed E-state index contributed by atoms with van der Waals surface area (Å²) in [5, 5.41) is 0.0465. The van der Waals surface area contributed by atoms with Crippen LogP contribution in [0.2, 0.25) is 0 Å². The molecule has 13 heteroatoms. The average Bonchev–Trinajstić information content (AvgIpc) is 2.99. The maximum atomic E-state index is 11.9. The SMILES string of the molecule is CC1(C)C2CCC1(CS(=O)(=O)O)C(=O)C2.O=S(=O)(O)c1cccc2c(S(=O)(=O)O)cccc12. The minimum absolute atomic E-state index is 0.0152. The number of carbonyl (C=O) groups is 1.